The van der Waals surface area contributed by atoms with Gasteiger partial charge in [0.2, 0.25) is 0 Å². The summed E-state index contributed by atoms with van der Waals surface area (Å²) in [5, 5.41) is 3.45. The molecular formula is C13H21N3. The zero-order valence-electron chi connectivity index (χ0n) is 10.5. The molecule has 0 radical (unpaired) electrons. The van der Waals surface area contributed by atoms with Gasteiger partial charge in [-0.1, -0.05) is 0 Å². The zero-order chi connectivity index (χ0) is 11.4. The molecule has 3 nitrogen and oxygen atoms in total. The Morgan fingerprint density at radius 1 is 1.25 bits per heavy atom. The minimum atomic E-state index is 0.248. The van der Waals surface area contributed by atoms with Crippen LogP contribution < -0.4 is 5.32 Å². The fraction of sp³-hybridized carbons (Fsp3) is 0.692. The summed E-state index contributed by atoms with van der Waals surface area (Å²) in [6.45, 7) is 11.4. The SMILES string of the molecule is CC(C)(C)N1CCn2cccc2C12CNC2. The molecule has 3 heterocycles. The van der Waals surface area contributed by atoms with Crippen LogP contribution in [0.4, 0.5) is 0 Å². The fourth-order valence-electron chi connectivity index (χ4n) is 3.30. The highest BCUT2D eigenvalue weighted by Gasteiger charge is 2.51. The molecule has 0 atom stereocenters. The van der Waals surface area contributed by atoms with Gasteiger partial charge in [-0.2, -0.15) is 0 Å². The lowest BCUT2D eigenvalue weighted by Crippen LogP contribution is -2.72. The summed E-state index contributed by atoms with van der Waals surface area (Å²) in [6, 6.07) is 4.47. The first-order valence-electron chi connectivity index (χ1n) is 6.18. The molecule has 1 aromatic rings. The van der Waals surface area contributed by atoms with Crippen molar-refractivity contribution in [2.75, 3.05) is 19.6 Å². The van der Waals surface area contributed by atoms with E-state index in [-0.39, 0.29) is 11.1 Å². The van der Waals surface area contributed by atoms with E-state index in [1.807, 2.05) is 0 Å². The number of hydrogen-bond acceptors (Lipinski definition) is 2. The highest BCUT2D eigenvalue weighted by molar-refractivity contribution is 5.27. The summed E-state index contributed by atoms with van der Waals surface area (Å²) in [5.74, 6) is 0. The minimum Gasteiger partial charge on any atom is -0.348 e. The molecule has 88 valence electrons. The number of hydrogen-bond donors (Lipinski definition) is 1. The van der Waals surface area contributed by atoms with Crippen LogP contribution in [0.15, 0.2) is 18.3 Å². The van der Waals surface area contributed by atoms with E-state index >= 15 is 0 Å². The third-order valence-electron chi connectivity index (χ3n) is 4.03. The maximum absolute atomic E-state index is 3.45. The average Bonchev–Trinajstić information content (AvgIpc) is 2.59. The van der Waals surface area contributed by atoms with Crippen molar-refractivity contribution in [1.29, 1.82) is 0 Å². The highest BCUT2D eigenvalue weighted by atomic mass is 15.4. The van der Waals surface area contributed by atoms with Gasteiger partial charge in [0.05, 0.1) is 5.54 Å². The number of rotatable bonds is 0. The predicted molar refractivity (Wildman–Crippen MR) is 65.4 cm³/mol. The van der Waals surface area contributed by atoms with Crippen LogP contribution in [-0.4, -0.2) is 34.6 Å². The predicted octanol–water partition coefficient (Wildman–Crippen LogP) is 1.40. The Hall–Kier alpha value is -0.800. The summed E-state index contributed by atoms with van der Waals surface area (Å²) in [4.78, 5) is 2.67. The van der Waals surface area contributed by atoms with E-state index in [1.165, 1.54) is 5.69 Å². The van der Waals surface area contributed by atoms with Crippen LogP contribution in [0.1, 0.15) is 26.5 Å². The van der Waals surface area contributed by atoms with Crippen LogP contribution in [0, 0.1) is 0 Å². The number of nitrogens with zero attached hydrogens (tertiary/aromatic N) is 2. The lowest BCUT2D eigenvalue weighted by atomic mass is 9.81. The number of fused-ring (bicyclic) bond motifs is 2. The third-order valence-corrected chi connectivity index (χ3v) is 4.03. The molecule has 2 aliphatic heterocycles. The summed E-state index contributed by atoms with van der Waals surface area (Å²) in [5.41, 5.74) is 1.99. The van der Waals surface area contributed by atoms with E-state index in [1.54, 1.807) is 0 Å². The molecule has 0 bridgehead atoms. The fourth-order valence-corrected chi connectivity index (χ4v) is 3.30. The van der Waals surface area contributed by atoms with Crippen molar-refractivity contribution < 1.29 is 0 Å². The Balaban J connectivity index is 2.06. The Labute approximate surface area is 97.4 Å². The van der Waals surface area contributed by atoms with Crippen molar-refractivity contribution >= 4 is 0 Å². The van der Waals surface area contributed by atoms with Crippen LogP contribution >= 0.6 is 0 Å². The highest BCUT2D eigenvalue weighted by Crippen LogP contribution is 2.40. The Morgan fingerprint density at radius 2 is 2.00 bits per heavy atom. The first-order chi connectivity index (χ1) is 7.54. The van der Waals surface area contributed by atoms with Gasteiger partial charge in [0.15, 0.2) is 0 Å². The molecule has 3 rings (SSSR count). The molecule has 0 amide bonds. The summed E-state index contributed by atoms with van der Waals surface area (Å²) in [7, 11) is 0. The summed E-state index contributed by atoms with van der Waals surface area (Å²) < 4.78 is 2.42. The zero-order valence-corrected chi connectivity index (χ0v) is 10.5. The minimum absolute atomic E-state index is 0.248. The van der Waals surface area contributed by atoms with Crippen molar-refractivity contribution in [2.45, 2.75) is 38.4 Å². The standard InChI is InChI=1S/C13H21N3/c1-12(2,3)16-8-7-15-6-4-5-11(15)13(16)9-14-10-13/h4-6,14H,7-10H2,1-3H3. The van der Waals surface area contributed by atoms with Crippen molar-refractivity contribution in [3.63, 3.8) is 0 Å². The first-order valence-corrected chi connectivity index (χ1v) is 6.18. The van der Waals surface area contributed by atoms with Gasteiger partial charge in [0.1, 0.15) is 0 Å². The monoisotopic (exact) mass is 219 g/mol. The second-order valence-corrected chi connectivity index (χ2v) is 6.04. The molecule has 0 aromatic carbocycles. The van der Waals surface area contributed by atoms with Crippen molar-refractivity contribution in [3.05, 3.63) is 24.0 Å². The molecule has 0 unspecified atom stereocenters. The van der Waals surface area contributed by atoms with E-state index in [0.29, 0.717) is 0 Å². The Morgan fingerprint density at radius 3 is 2.56 bits per heavy atom. The topological polar surface area (TPSA) is 20.2 Å². The molecule has 0 aliphatic carbocycles. The smallest absolute Gasteiger partial charge is 0.0870 e. The molecule has 1 saturated heterocycles. The second kappa shape index (κ2) is 3.11. The van der Waals surface area contributed by atoms with Crippen LogP contribution in [0.5, 0.6) is 0 Å². The quantitative estimate of drug-likeness (QED) is 0.712. The van der Waals surface area contributed by atoms with E-state index in [2.05, 4.69) is 53.9 Å². The normalized spacial score (nSPS) is 24.2. The largest absolute Gasteiger partial charge is 0.348 e. The van der Waals surface area contributed by atoms with Gasteiger partial charge in [-0.15, -0.1) is 0 Å². The molecule has 3 heteroatoms. The van der Waals surface area contributed by atoms with Gasteiger partial charge in [-0.25, -0.2) is 0 Å². The van der Waals surface area contributed by atoms with E-state index in [4.69, 9.17) is 0 Å². The van der Waals surface area contributed by atoms with E-state index in [0.717, 1.165) is 26.2 Å². The van der Waals surface area contributed by atoms with Crippen LogP contribution in [0.25, 0.3) is 0 Å². The van der Waals surface area contributed by atoms with Crippen molar-refractivity contribution in [1.82, 2.24) is 14.8 Å². The third kappa shape index (κ3) is 1.22. The lowest BCUT2D eigenvalue weighted by molar-refractivity contribution is -0.0558. The summed E-state index contributed by atoms with van der Waals surface area (Å²) in [6.07, 6.45) is 2.22. The second-order valence-electron chi connectivity index (χ2n) is 6.04. The van der Waals surface area contributed by atoms with E-state index in [9.17, 15) is 0 Å². The van der Waals surface area contributed by atoms with Crippen LogP contribution in [0.2, 0.25) is 0 Å². The van der Waals surface area contributed by atoms with Crippen LogP contribution in [-0.2, 0) is 12.1 Å². The van der Waals surface area contributed by atoms with Gasteiger partial charge in [-0.05, 0) is 32.9 Å². The van der Waals surface area contributed by atoms with Crippen LogP contribution in [0.3, 0.4) is 0 Å². The Bertz CT molecular complexity index is 396. The van der Waals surface area contributed by atoms with Crippen molar-refractivity contribution in [3.8, 4) is 0 Å². The maximum Gasteiger partial charge on any atom is 0.0870 e. The number of aromatic nitrogens is 1. The maximum atomic E-state index is 3.45. The average molecular weight is 219 g/mol. The van der Waals surface area contributed by atoms with Gasteiger partial charge < -0.3 is 9.88 Å². The van der Waals surface area contributed by atoms with Gasteiger partial charge in [0.25, 0.3) is 0 Å². The molecule has 0 saturated carbocycles. The lowest BCUT2D eigenvalue weighted by Gasteiger charge is -2.58. The van der Waals surface area contributed by atoms with Gasteiger partial charge >= 0.3 is 0 Å². The first kappa shape index (κ1) is 10.4. The summed E-state index contributed by atoms with van der Waals surface area (Å²) >= 11 is 0. The molecule has 1 aromatic heterocycles. The van der Waals surface area contributed by atoms with Gasteiger partial charge in [-0.3, -0.25) is 4.90 Å². The molecule has 1 spiro atoms. The van der Waals surface area contributed by atoms with Gasteiger partial charge in [0, 0.05) is 43.6 Å². The van der Waals surface area contributed by atoms with Crippen molar-refractivity contribution in [2.24, 2.45) is 0 Å². The molecular weight excluding hydrogens is 198 g/mol. The Kier molecular flexibility index (Phi) is 2.01. The molecule has 1 N–H and O–H groups in total. The molecule has 2 aliphatic rings. The molecule has 1 fully saturated rings. The molecule has 16 heavy (non-hydrogen) atoms. The number of nitrogens with one attached hydrogen (secondary N) is 1. The van der Waals surface area contributed by atoms with E-state index < -0.39 is 0 Å².